The van der Waals surface area contributed by atoms with E-state index >= 15 is 0 Å². The zero-order valence-electron chi connectivity index (χ0n) is 7.73. The lowest BCUT2D eigenvalue weighted by Crippen LogP contribution is -2.12. The first-order valence-corrected chi connectivity index (χ1v) is 3.25. The van der Waals surface area contributed by atoms with E-state index in [1.807, 2.05) is 0 Å². The number of ether oxygens (including phenoxy) is 1. The first-order valence-electron chi connectivity index (χ1n) is 3.25. The van der Waals surface area contributed by atoms with Gasteiger partial charge in [0.05, 0.1) is 0 Å². The average molecular weight is 214 g/mol. The topological polar surface area (TPSA) is 128 Å². The third-order valence-electron chi connectivity index (χ3n) is 0.605. The summed E-state index contributed by atoms with van der Waals surface area (Å²) in [5.74, 6) is -0.664. The van der Waals surface area contributed by atoms with Crippen LogP contribution < -0.4 is 0 Å². The average Bonchev–Trinajstić information content (AvgIpc) is 2.20. The third kappa shape index (κ3) is 33.9. The third-order valence-corrected chi connectivity index (χ3v) is 0.605. The fraction of sp³-hybridized carbons (Fsp3) is 0.125. The van der Waals surface area contributed by atoms with Crippen LogP contribution in [-0.4, -0.2) is 29.5 Å². The standard InChI is InChI=1S/C6H8O3.2CHNO/c1-3-5(7)9-6(8)4-2;2*2-1-3/h3-5,7H,1-2H2;2*2H. The van der Waals surface area contributed by atoms with Crippen LogP contribution in [0.5, 0.6) is 0 Å². The minimum absolute atomic E-state index is 0.664. The molecule has 1 unspecified atom stereocenters. The smallest absolute Gasteiger partial charge is 0.332 e. The van der Waals surface area contributed by atoms with Crippen molar-refractivity contribution >= 4 is 18.1 Å². The maximum Gasteiger partial charge on any atom is 0.332 e. The minimum atomic E-state index is -1.23. The number of aliphatic hydroxyl groups excluding tert-OH is 1. The van der Waals surface area contributed by atoms with Crippen LogP contribution in [0.15, 0.2) is 25.3 Å². The molecule has 15 heavy (non-hydrogen) atoms. The Balaban J connectivity index is -0.000000200. The fourth-order valence-electron chi connectivity index (χ4n) is 0.215. The van der Waals surface area contributed by atoms with Crippen LogP contribution in [0, 0.1) is 10.8 Å². The van der Waals surface area contributed by atoms with E-state index in [2.05, 4.69) is 17.9 Å². The molecule has 0 saturated heterocycles. The van der Waals surface area contributed by atoms with Crippen molar-refractivity contribution < 1.29 is 24.2 Å². The normalized spacial score (nSPS) is 8.07. The van der Waals surface area contributed by atoms with Gasteiger partial charge in [0.1, 0.15) is 0 Å². The van der Waals surface area contributed by atoms with E-state index in [0.717, 1.165) is 24.3 Å². The number of carbonyl (C=O) groups is 1. The van der Waals surface area contributed by atoms with Crippen molar-refractivity contribution in [2.45, 2.75) is 6.29 Å². The first-order chi connectivity index (χ1) is 7.03. The summed E-state index contributed by atoms with van der Waals surface area (Å²) in [6, 6.07) is 0. The Bertz CT molecular complexity index is 250. The van der Waals surface area contributed by atoms with E-state index in [1.54, 1.807) is 0 Å². The Morgan fingerprint density at radius 3 is 1.87 bits per heavy atom. The van der Waals surface area contributed by atoms with Crippen LogP contribution >= 0.6 is 0 Å². The molecule has 1 atom stereocenters. The molecule has 0 heterocycles. The number of esters is 1. The highest BCUT2D eigenvalue weighted by Gasteiger charge is 2.00. The number of hydrogen-bond acceptors (Lipinski definition) is 7. The number of rotatable bonds is 3. The van der Waals surface area contributed by atoms with Crippen LogP contribution in [0.1, 0.15) is 0 Å². The number of nitrogens with one attached hydrogen (secondary N) is 2. The molecule has 0 amide bonds. The molecular formula is C8H10N2O5. The van der Waals surface area contributed by atoms with E-state index in [4.69, 9.17) is 25.5 Å². The Hall–Kier alpha value is -2.33. The van der Waals surface area contributed by atoms with Crippen LogP contribution in [0.3, 0.4) is 0 Å². The van der Waals surface area contributed by atoms with E-state index in [9.17, 15) is 4.79 Å². The summed E-state index contributed by atoms with van der Waals surface area (Å²) < 4.78 is 4.23. The molecule has 0 aliphatic carbocycles. The van der Waals surface area contributed by atoms with Gasteiger partial charge in [0.25, 0.3) is 0 Å². The molecule has 3 N–H and O–H groups in total. The summed E-state index contributed by atoms with van der Waals surface area (Å²) in [5, 5.41) is 19.4. The van der Waals surface area contributed by atoms with E-state index in [-0.39, 0.29) is 0 Å². The van der Waals surface area contributed by atoms with E-state index in [0.29, 0.717) is 0 Å². The largest absolute Gasteiger partial charge is 0.429 e. The molecule has 0 spiro atoms. The molecule has 82 valence electrons. The van der Waals surface area contributed by atoms with Crippen LogP contribution in [0.4, 0.5) is 0 Å². The lowest BCUT2D eigenvalue weighted by Gasteiger charge is -2.02. The molecule has 0 aromatic carbocycles. The van der Waals surface area contributed by atoms with Gasteiger partial charge in [-0.25, -0.2) is 25.2 Å². The molecule has 0 aromatic rings. The Morgan fingerprint density at radius 2 is 1.67 bits per heavy atom. The second kappa shape index (κ2) is 17.7. The molecule has 0 saturated carbocycles. The Labute approximate surface area is 85.7 Å². The summed E-state index contributed by atoms with van der Waals surface area (Å²) in [7, 11) is 0. The molecule has 0 aromatic heterocycles. The molecule has 0 aliphatic rings. The highest BCUT2D eigenvalue weighted by atomic mass is 16.6. The van der Waals surface area contributed by atoms with Crippen molar-refractivity contribution in [1.29, 1.82) is 10.8 Å². The van der Waals surface area contributed by atoms with E-state index < -0.39 is 12.3 Å². The summed E-state index contributed by atoms with van der Waals surface area (Å²) >= 11 is 0. The van der Waals surface area contributed by atoms with Crippen molar-refractivity contribution in [3.8, 4) is 0 Å². The van der Waals surface area contributed by atoms with E-state index in [1.165, 1.54) is 0 Å². The molecule has 0 fully saturated rings. The lowest BCUT2D eigenvalue weighted by atomic mass is 10.6. The van der Waals surface area contributed by atoms with Gasteiger partial charge in [0, 0.05) is 6.08 Å². The zero-order chi connectivity index (χ0) is 12.7. The lowest BCUT2D eigenvalue weighted by molar-refractivity contribution is -0.154. The van der Waals surface area contributed by atoms with Gasteiger partial charge >= 0.3 is 5.97 Å². The molecule has 0 rings (SSSR count). The van der Waals surface area contributed by atoms with Gasteiger partial charge in [-0.05, 0) is 6.08 Å². The highest BCUT2D eigenvalue weighted by molar-refractivity contribution is 5.81. The SMILES string of the molecule is C=CC(=O)OC(O)C=C.N=C=O.N=C=O. The van der Waals surface area contributed by atoms with Gasteiger partial charge < -0.3 is 9.84 Å². The predicted octanol–water partition coefficient (Wildman–Crippen LogP) is 0.0219. The summed E-state index contributed by atoms with van der Waals surface area (Å²) in [6.45, 7) is 6.31. The molecule has 0 bridgehead atoms. The van der Waals surface area contributed by atoms with Crippen molar-refractivity contribution in [3.63, 3.8) is 0 Å². The van der Waals surface area contributed by atoms with Gasteiger partial charge in [-0.1, -0.05) is 13.2 Å². The van der Waals surface area contributed by atoms with Crippen molar-refractivity contribution in [2.24, 2.45) is 0 Å². The Kier molecular flexibility index (Phi) is 21.7. The van der Waals surface area contributed by atoms with Crippen molar-refractivity contribution in [3.05, 3.63) is 25.3 Å². The molecular weight excluding hydrogens is 204 g/mol. The molecule has 7 heteroatoms. The van der Waals surface area contributed by atoms with Gasteiger partial charge in [0.2, 0.25) is 18.4 Å². The second-order valence-corrected chi connectivity index (χ2v) is 1.47. The first kappa shape index (κ1) is 18.5. The monoisotopic (exact) mass is 214 g/mol. The van der Waals surface area contributed by atoms with Gasteiger partial charge in [-0.3, -0.25) is 0 Å². The Morgan fingerprint density at radius 1 is 1.33 bits per heavy atom. The quantitative estimate of drug-likeness (QED) is 0.152. The predicted molar refractivity (Wildman–Crippen MR) is 49.3 cm³/mol. The number of hydrogen-bond donors (Lipinski definition) is 3. The number of aliphatic hydroxyl groups is 1. The maximum atomic E-state index is 10.2. The van der Waals surface area contributed by atoms with Crippen LogP contribution in [0.25, 0.3) is 0 Å². The van der Waals surface area contributed by atoms with Gasteiger partial charge in [0.15, 0.2) is 0 Å². The molecule has 7 nitrogen and oxygen atoms in total. The van der Waals surface area contributed by atoms with Crippen molar-refractivity contribution in [1.82, 2.24) is 0 Å². The fourth-order valence-corrected chi connectivity index (χ4v) is 0.215. The van der Waals surface area contributed by atoms with Crippen molar-refractivity contribution in [2.75, 3.05) is 0 Å². The van der Waals surface area contributed by atoms with Crippen LogP contribution in [-0.2, 0) is 19.1 Å². The minimum Gasteiger partial charge on any atom is -0.429 e. The van der Waals surface area contributed by atoms with Gasteiger partial charge in [-0.2, -0.15) is 0 Å². The summed E-state index contributed by atoms with van der Waals surface area (Å²) in [4.78, 5) is 26.9. The van der Waals surface area contributed by atoms with Crippen LogP contribution in [0.2, 0.25) is 0 Å². The van der Waals surface area contributed by atoms with Gasteiger partial charge in [-0.15, -0.1) is 0 Å². The molecule has 0 aliphatic heterocycles. The molecule has 0 radical (unpaired) electrons. The second-order valence-electron chi connectivity index (χ2n) is 1.47. The zero-order valence-corrected chi connectivity index (χ0v) is 7.73. The number of carbonyl (C=O) groups excluding carboxylic acids is 3. The number of isocyanates is 2. The summed E-state index contributed by atoms with van der Waals surface area (Å²) in [5.41, 5.74) is 0. The summed E-state index contributed by atoms with van der Waals surface area (Å²) in [6.07, 6.45) is 2.34. The highest BCUT2D eigenvalue weighted by Crippen LogP contribution is 1.87. The maximum absolute atomic E-state index is 10.2.